The van der Waals surface area contributed by atoms with Gasteiger partial charge in [0, 0.05) is 5.56 Å². The Morgan fingerprint density at radius 2 is 1.65 bits per heavy atom. The Labute approximate surface area is 116 Å². The standard InChI is InChI=1S/C16H14O4/c1-10-7-8-14(20-2)13(9-10)15(17)11-5-3-4-6-12(11)16(18)19/h3-9H,1-2H3,(H,18,19). The third kappa shape index (κ3) is 2.54. The van der Waals surface area contributed by atoms with Crippen molar-refractivity contribution in [2.75, 3.05) is 7.11 Å². The van der Waals surface area contributed by atoms with Gasteiger partial charge in [-0.2, -0.15) is 0 Å². The molecular weight excluding hydrogens is 256 g/mol. The van der Waals surface area contributed by atoms with Gasteiger partial charge in [0.05, 0.1) is 18.2 Å². The number of ether oxygens (including phenoxy) is 1. The summed E-state index contributed by atoms with van der Waals surface area (Å²) < 4.78 is 5.18. The second-order valence-corrected chi connectivity index (χ2v) is 4.38. The molecule has 0 aromatic heterocycles. The molecule has 2 aromatic carbocycles. The number of benzene rings is 2. The van der Waals surface area contributed by atoms with Gasteiger partial charge in [0.15, 0.2) is 5.78 Å². The van der Waals surface area contributed by atoms with E-state index in [2.05, 4.69) is 0 Å². The first kappa shape index (κ1) is 13.8. The molecule has 0 unspecified atom stereocenters. The molecular formula is C16H14O4. The van der Waals surface area contributed by atoms with Gasteiger partial charge in [-0.15, -0.1) is 0 Å². The maximum atomic E-state index is 12.6. The number of aryl methyl sites for hydroxylation is 1. The molecule has 0 aliphatic carbocycles. The normalized spacial score (nSPS) is 10.1. The Morgan fingerprint density at radius 3 is 2.25 bits per heavy atom. The molecule has 2 rings (SSSR count). The number of hydrogen-bond donors (Lipinski definition) is 1. The van der Waals surface area contributed by atoms with Crippen LogP contribution >= 0.6 is 0 Å². The monoisotopic (exact) mass is 270 g/mol. The first-order valence-electron chi connectivity index (χ1n) is 6.06. The van der Waals surface area contributed by atoms with Crippen molar-refractivity contribution >= 4 is 11.8 Å². The van der Waals surface area contributed by atoms with E-state index in [0.29, 0.717) is 11.3 Å². The molecule has 0 saturated carbocycles. The van der Waals surface area contributed by atoms with Crippen LogP contribution in [0.25, 0.3) is 0 Å². The van der Waals surface area contributed by atoms with Crippen LogP contribution in [0.1, 0.15) is 31.8 Å². The number of rotatable bonds is 4. The Kier molecular flexibility index (Phi) is 3.84. The lowest BCUT2D eigenvalue weighted by atomic mass is 9.96. The molecule has 20 heavy (non-hydrogen) atoms. The fraction of sp³-hybridized carbons (Fsp3) is 0.125. The van der Waals surface area contributed by atoms with Crippen molar-refractivity contribution < 1.29 is 19.4 Å². The lowest BCUT2D eigenvalue weighted by molar-refractivity contribution is 0.0692. The maximum absolute atomic E-state index is 12.6. The summed E-state index contributed by atoms with van der Waals surface area (Å²) >= 11 is 0. The fourth-order valence-corrected chi connectivity index (χ4v) is 2.01. The summed E-state index contributed by atoms with van der Waals surface area (Å²) in [6.45, 7) is 1.86. The predicted molar refractivity (Wildman–Crippen MR) is 74.6 cm³/mol. The number of ketones is 1. The third-order valence-electron chi connectivity index (χ3n) is 3.00. The first-order chi connectivity index (χ1) is 9.54. The van der Waals surface area contributed by atoms with Crippen molar-refractivity contribution in [3.05, 3.63) is 64.7 Å². The van der Waals surface area contributed by atoms with E-state index >= 15 is 0 Å². The molecule has 0 heterocycles. The predicted octanol–water partition coefficient (Wildman–Crippen LogP) is 2.93. The molecule has 0 fully saturated rings. The minimum absolute atomic E-state index is 0.0129. The fourth-order valence-electron chi connectivity index (χ4n) is 2.01. The minimum atomic E-state index is -1.12. The summed E-state index contributed by atoms with van der Waals surface area (Å²) in [5.41, 5.74) is 1.41. The Balaban J connectivity index is 2.57. The van der Waals surface area contributed by atoms with Gasteiger partial charge in [0.1, 0.15) is 5.75 Å². The van der Waals surface area contributed by atoms with Crippen molar-refractivity contribution in [1.82, 2.24) is 0 Å². The van der Waals surface area contributed by atoms with Crippen LogP contribution < -0.4 is 4.74 Å². The van der Waals surface area contributed by atoms with E-state index in [0.717, 1.165) is 5.56 Å². The summed E-state index contributed by atoms with van der Waals surface area (Å²) in [4.78, 5) is 23.8. The van der Waals surface area contributed by atoms with Gasteiger partial charge < -0.3 is 9.84 Å². The number of carbonyl (C=O) groups is 2. The van der Waals surface area contributed by atoms with Gasteiger partial charge in [-0.3, -0.25) is 4.79 Å². The van der Waals surface area contributed by atoms with E-state index in [1.165, 1.54) is 19.2 Å². The molecule has 0 bridgehead atoms. The average molecular weight is 270 g/mol. The van der Waals surface area contributed by atoms with Gasteiger partial charge >= 0.3 is 5.97 Å². The van der Waals surface area contributed by atoms with Crippen molar-refractivity contribution in [2.24, 2.45) is 0 Å². The number of carboxylic acid groups (broad SMARTS) is 1. The average Bonchev–Trinajstić information content (AvgIpc) is 2.46. The lowest BCUT2D eigenvalue weighted by Gasteiger charge is -2.10. The van der Waals surface area contributed by atoms with Gasteiger partial charge in [-0.1, -0.05) is 29.8 Å². The zero-order chi connectivity index (χ0) is 14.7. The molecule has 0 radical (unpaired) electrons. The molecule has 1 N–H and O–H groups in total. The number of methoxy groups -OCH3 is 1. The second-order valence-electron chi connectivity index (χ2n) is 4.38. The van der Waals surface area contributed by atoms with Crippen LogP contribution in [-0.2, 0) is 0 Å². The first-order valence-corrected chi connectivity index (χ1v) is 6.06. The van der Waals surface area contributed by atoms with E-state index in [9.17, 15) is 9.59 Å². The molecule has 2 aromatic rings. The quantitative estimate of drug-likeness (QED) is 0.867. The Bertz CT molecular complexity index is 674. The van der Waals surface area contributed by atoms with Crippen LogP contribution in [0.15, 0.2) is 42.5 Å². The van der Waals surface area contributed by atoms with Crippen molar-refractivity contribution in [1.29, 1.82) is 0 Å². The van der Waals surface area contributed by atoms with Gasteiger partial charge in [0.25, 0.3) is 0 Å². The highest BCUT2D eigenvalue weighted by atomic mass is 16.5. The number of aromatic carboxylic acids is 1. The van der Waals surface area contributed by atoms with Gasteiger partial charge in [-0.25, -0.2) is 4.79 Å². The zero-order valence-electron chi connectivity index (χ0n) is 11.2. The van der Waals surface area contributed by atoms with Gasteiger partial charge in [0.2, 0.25) is 0 Å². The summed E-state index contributed by atoms with van der Waals surface area (Å²) in [5.74, 6) is -1.05. The van der Waals surface area contributed by atoms with Gasteiger partial charge in [-0.05, 0) is 25.1 Å². The molecule has 102 valence electrons. The van der Waals surface area contributed by atoms with Crippen molar-refractivity contribution in [3.63, 3.8) is 0 Å². The topological polar surface area (TPSA) is 63.6 Å². The molecule has 4 nitrogen and oxygen atoms in total. The van der Waals surface area contributed by atoms with Crippen LogP contribution in [0.3, 0.4) is 0 Å². The summed E-state index contributed by atoms with van der Waals surface area (Å²) in [6, 6.07) is 11.4. The van der Waals surface area contributed by atoms with E-state index in [1.54, 1.807) is 24.3 Å². The molecule has 4 heteroatoms. The molecule has 0 aliphatic rings. The highest BCUT2D eigenvalue weighted by Crippen LogP contribution is 2.24. The van der Waals surface area contributed by atoms with Crippen molar-refractivity contribution in [2.45, 2.75) is 6.92 Å². The maximum Gasteiger partial charge on any atom is 0.336 e. The SMILES string of the molecule is COc1ccc(C)cc1C(=O)c1ccccc1C(=O)O. The Hall–Kier alpha value is -2.62. The van der Waals surface area contributed by atoms with E-state index in [1.807, 2.05) is 13.0 Å². The van der Waals surface area contributed by atoms with Crippen LogP contribution in [0.4, 0.5) is 0 Å². The molecule has 0 atom stereocenters. The largest absolute Gasteiger partial charge is 0.496 e. The summed E-state index contributed by atoms with van der Waals surface area (Å²) in [5, 5.41) is 9.16. The lowest BCUT2D eigenvalue weighted by Crippen LogP contribution is -2.10. The number of carboxylic acids is 1. The number of carbonyl (C=O) groups excluding carboxylic acids is 1. The minimum Gasteiger partial charge on any atom is -0.496 e. The zero-order valence-corrected chi connectivity index (χ0v) is 11.2. The third-order valence-corrected chi connectivity index (χ3v) is 3.00. The van der Waals surface area contributed by atoms with Crippen LogP contribution in [0.5, 0.6) is 5.75 Å². The highest BCUT2D eigenvalue weighted by molar-refractivity contribution is 6.15. The second kappa shape index (κ2) is 5.57. The van der Waals surface area contributed by atoms with E-state index in [-0.39, 0.29) is 16.9 Å². The number of hydrogen-bond acceptors (Lipinski definition) is 3. The summed E-state index contributed by atoms with van der Waals surface area (Å²) in [7, 11) is 1.48. The van der Waals surface area contributed by atoms with E-state index < -0.39 is 5.97 Å². The molecule has 0 spiro atoms. The van der Waals surface area contributed by atoms with Crippen LogP contribution in [0, 0.1) is 6.92 Å². The Morgan fingerprint density at radius 1 is 1.00 bits per heavy atom. The van der Waals surface area contributed by atoms with Crippen LogP contribution in [-0.4, -0.2) is 24.0 Å². The molecule has 0 aliphatic heterocycles. The molecule has 0 amide bonds. The van der Waals surface area contributed by atoms with Crippen molar-refractivity contribution in [3.8, 4) is 5.75 Å². The smallest absolute Gasteiger partial charge is 0.336 e. The molecule has 0 saturated heterocycles. The van der Waals surface area contributed by atoms with Crippen LogP contribution in [0.2, 0.25) is 0 Å². The van der Waals surface area contributed by atoms with E-state index in [4.69, 9.17) is 9.84 Å². The highest BCUT2D eigenvalue weighted by Gasteiger charge is 2.20. The summed E-state index contributed by atoms with van der Waals surface area (Å²) in [6.07, 6.45) is 0.